The molecule has 0 aliphatic heterocycles. The fourth-order valence-corrected chi connectivity index (χ4v) is 0. The molecule has 0 aromatic rings. The molecule has 4 heavy (non-hydrogen) atoms. The molecular weight excluding hydrogens is 105 g/mol. The minimum absolute atomic E-state index is 0. The first kappa shape index (κ1) is 70.1. The first-order chi connectivity index (χ1) is 0. The van der Waals surface area contributed by atoms with Crippen LogP contribution < -0.4 is 0 Å². The average molecular weight is 116 g/mol. The van der Waals surface area contributed by atoms with Crippen LogP contribution in [0.3, 0.4) is 0 Å². The second-order valence-electron chi connectivity index (χ2n) is 0. The SMILES string of the molecule is F.P.[AlH3].[SiH4]. The summed E-state index contributed by atoms with van der Waals surface area (Å²) in [6, 6.07) is 0. The van der Waals surface area contributed by atoms with Gasteiger partial charge in [-0.2, -0.15) is 9.90 Å². The van der Waals surface area contributed by atoms with Gasteiger partial charge in [0.15, 0.2) is 17.4 Å². The van der Waals surface area contributed by atoms with Crippen LogP contribution in [-0.4, -0.2) is 28.3 Å². The maximum atomic E-state index is 0. The summed E-state index contributed by atoms with van der Waals surface area (Å²) in [6.07, 6.45) is 0. The van der Waals surface area contributed by atoms with Crippen molar-refractivity contribution in [2.75, 3.05) is 0 Å². The summed E-state index contributed by atoms with van der Waals surface area (Å²) in [5, 5.41) is 0. The van der Waals surface area contributed by atoms with Gasteiger partial charge in [-0.25, -0.2) is 0 Å². The van der Waals surface area contributed by atoms with Crippen molar-refractivity contribution >= 4 is 38.2 Å². The van der Waals surface area contributed by atoms with Crippen LogP contribution in [0, 0.1) is 0 Å². The Balaban J connectivity index is 0. The van der Waals surface area contributed by atoms with E-state index in [1.165, 1.54) is 0 Å². The van der Waals surface area contributed by atoms with E-state index >= 15 is 0 Å². The molecule has 0 nitrogen and oxygen atoms in total. The van der Waals surface area contributed by atoms with Gasteiger partial charge >= 0.3 is 0 Å². The molecule has 0 amide bonds. The van der Waals surface area contributed by atoms with E-state index in [-0.39, 0.29) is 42.9 Å². The molecule has 0 aliphatic carbocycles. The molecule has 0 radical (unpaired) electrons. The fourth-order valence-electron chi connectivity index (χ4n) is 0. The van der Waals surface area contributed by atoms with Crippen LogP contribution in [0.1, 0.15) is 0 Å². The molecule has 0 bridgehead atoms. The molecule has 0 aromatic heterocycles. The molecular formula is H11AlFPSi. The minimum Gasteiger partial charge on any atom is -0.269 e. The third-order valence-electron chi connectivity index (χ3n) is 0. The van der Waals surface area contributed by atoms with E-state index in [2.05, 4.69) is 0 Å². The highest BCUT2D eigenvalue weighted by molar-refractivity contribution is 6.92. The third kappa shape index (κ3) is 11.2. The molecule has 4 heteroatoms. The van der Waals surface area contributed by atoms with Crippen molar-refractivity contribution in [2.45, 2.75) is 0 Å². The van der Waals surface area contributed by atoms with Gasteiger partial charge in [-0.15, -0.1) is 0 Å². The summed E-state index contributed by atoms with van der Waals surface area (Å²) in [5.74, 6) is 0. The highest BCUT2D eigenvalue weighted by Crippen LogP contribution is 0.861. The standard InChI is InChI=1S/Al.FH.H3P.H4Si.3H/h;1H;1H3;1H4;;;. The summed E-state index contributed by atoms with van der Waals surface area (Å²) in [6.45, 7) is 0. The van der Waals surface area contributed by atoms with Crippen molar-refractivity contribution in [3.63, 3.8) is 0 Å². The molecule has 0 saturated heterocycles. The highest BCUT2D eigenvalue weighted by atomic mass is 31.0. The lowest BCUT2D eigenvalue weighted by atomic mass is 19.0. The first-order valence-electron chi connectivity index (χ1n) is 0. The Bertz CT molecular complexity index is 8.00. The van der Waals surface area contributed by atoms with Gasteiger partial charge in [0.05, 0.1) is 0 Å². The van der Waals surface area contributed by atoms with Crippen LogP contribution in [0.15, 0.2) is 0 Å². The summed E-state index contributed by atoms with van der Waals surface area (Å²) >= 11 is 0. The monoisotopic (exact) mass is 116 g/mol. The molecule has 1 unspecified atom stereocenters. The van der Waals surface area contributed by atoms with Gasteiger partial charge in [0, 0.05) is 0 Å². The summed E-state index contributed by atoms with van der Waals surface area (Å²) < 4.78 is 0. The van der Waals surface area contributed by atoms with Crippen molar-refractivity contribution < 1.29 is 4.70 Å². The van der Waals surface area contributed by atoms with Gasteiger partial charge in [0.2, 0.25) is 0 Å². The number of rotatable bonds is 0. The van der Waals surface area contributed by atoms with E-state index in [1.54, 1.807) is 0 Å². The molecule has 0 heterocycles. The van der Waals surface area contributed by atoms with Gasteiger partial charge in [0.25, 0.3) is 0 Å². The van der Waals surface area contributed by atoms with E-state index in [0.717, 1.165) is 0 Å². The first-order valence-corrected chi connectivity index (χ1v) is 0. The van der Waals surface area contributed by atoms with E-state index < -0.39 is 0 Å². The summed E-state index contributed by atoms with van der Waals surface area (Å²) in [7, 11) is 0. The van der Waals surface area contributed by atoms with Gasteiger partial charge in [0.1, 0.15) is 0 Å². The molecule has 0 spiro atoms. The molecule has 0 fully saturated rings. The Kier molecular flexibility index (Phi) is 566. The second kappa shape index (κ2) is 32.3. The van der Waals surface area contributed by atoms with Crippen LogP contribution in [0.2, 0.25) is 0 Å². The van der Waals surface area contributed by atoms with Crippen LogP contribution in [-0.2, 0) is 0 Å². The third-order valence-corrected chi connectivity index (χ3v) is 0. The second-order valence-corrected chi connectivity index (χ2v) is 0. The van der Waals surface area contributed by atoms with Crippen LogP contribution in [0.4, 0.5) is 4.70 Å². The summed E-state index contributed by atoms with van der Waals surface area (Å²) in [5.41, 5.74) is 0. The zero-order valence-corrected chi connectivity index (χ0v) is 2.53. The van der Waals surface area contributed by atoms with Crippen LogP contribution in [0.25, 0.3) is 0 Å². The highest BCUT2D eigenvalue weighted by Gasteiger charge is 0.187. The van der Waals surface area contributed by atoms with Crippen molar-refractivity contribution in [1.29, 1.82) is 0 Å². The molecule has 0 aromatic carbocycles. The molecule has 0 aliphatic rings. The zero-order chi connectivity index (χ0) is 0. The van der Waals surface area contributed by atoms with E-state index in [1.807, 2.05) is 0 Å². The van der Waals surface area contributed by atoms with E-state index in [4.69, 9.17) is 0 Å². The maximum Gasteiger partial charge on any atom is 0.187 e. The summed E-state index contributed by atoms with van der Waals surface area (Å²) in [4.78, 5) is 0. The zero-order valence-electron chi connectivity index (χ0n) is 1.12. The minimum atomic E-state index is 0. The number of hydrogen-bond donors (Lipinski definition) is 0. The van der Waals surface area contributed by atoms with Crippen molar-refractivity contribution in [3.05, 3.63) is 0 Å². The Morgan fingerprint density at radius 1 is 1.00 bits per heavy atom. The Labute approximate surface area is 43.5 Å². The molecule has 0 saturated carbocycles. The van der Waals surface area contributed by atoms with Gasteiger partial charge in [-0.1, -0.05) is 0 Å². The van der Waals surface area contributed by atoms with Crippen LogP contribution in [0.5, 0.6) is 0 Å². The largest absolute Gasteiger partial charge is 0.269 e. The Hall–Kier alpha value is 1.11. The van der Waals surface area contributed by atoms with Gasteiger partial charge in [-0.05, 0) is 11.0 Å². The lowest BCUT2D eigenvalue weighted by Crippen LogP contribution is -0.382. The predicted octanol–water partition coefficient (Wildman–Crippen LogP) is -2.42. The lowest BCUT2D eigenvalue weighted by molar-refractivity contribution is 1.11. The van der Waals surface area contributed by atoms with E-state index in [0.29, 0.717) is 0 Å². The predicted molar refractivity (Wildman–Crippen MR) is 34.9 cm³/mol. The van der Waals surface area contributed by atoms with Crippen molar-refractivity contribution in [1.82, 2.24) is 0 Å². The molecule has 0 rings (SSSR count). The lowest BCUT2D eigenvalue weighted by Gasteiger charge is -0.269. The Morgan fingerprint density at radius 2 is 1.00 bits per heavy atom. The molecule has 0 N–H and O–H groups in total. The van der Waals surface area contributed by atoms with Crippen molar-refractivity contribution in [2.24, 2.45) is 0 Å². The normalized spacial score (nSPS) is 0. The number of hydrogen-bond acceptors (Lipinski definition) is 0. The van der Waals surface area contributed by atoms with Gasteiger partial charge in [-0.3, -0.25) is 4.70 Å². The van der Waals surface area contributed by atoms with Crippen LogP contribution >= 0.6 is 9.90 Å². The Morgan fingerprint density at radius 3 is 1.00 bits per heavy atom. The van der Waals surface area contributed by atoms with Gasteiger partial charge < -0.3 is 0 Å². The quantitative estimate of drug-likeness (QED) is 0.244. The maximum absolute atomic E-state index is 0. The number of halogens is 1. The fraction of sp³-hybridized carbons (Fsp3) is 0. The topological polar surface area (TPSA) is 0 Å². The average Bonchev–Trinajstić information content (AvgIpc) is 0. The molecule has 30 valence electrons. The van der Waals surface area contributed by atoms with Crippen molar-refractivity contribution in [3.8, 4) is 0 Å². The van der Waals surface area contributed by atoms with E-state index in [9.17, 15) is 0 Å². The molecule has 1 atom stereocenters. The smallest absolute Gasteiger partial charge is 0.187 e.